The Morgan fingerprint density at radius 2 is 2.33 bits per heavy atom. The van der Waals surface area contributed by atoms with Crippen LogP contribution in [0.4, 0.5) is 0 Å². The van der Waals surface area contributed by atoms with E-state index in [1.54, 1.807) is 0 Å². The van der Waals surface area contributed by atoms with Crippen molar-refractivity contribution in [2.45, 2.75) is 10.8 Å². The number of alkyl halides is 1. The summed E-state index contributed by atoms with van der Waals surface area (Å²) in [7, 11) is 0. The van der Waals surface area contributed by atoms with Crippen molar-refractivity contribution in [1.82, 2.24) is 0 Å². The summed E-state index contributed by atoms with van der Waals surface area (Å²) in [6, 6.07) is 3.98. The Labute approximate surface area is 90.2 Å². The van der Waals surface area contributed by atoms with Crippen molar-refractivity contribution in [3.8, 4) is 5.75 Å². The molecule has 0 atom stereocenters. The van der Waals surface area contributed by atoms with E-state index >= 15 is 0 Å². The molecule has 0 saturated carbocycles. The second kappa shape index (κ2) is 3.42. The van der Waals surface area contributed by atoms with E-state index < -0.39 is 0 Å². The summed E-state index contributed by atoms with van der Waals surface area (Å²) < 4.78 is 6.47. The van der Waals surface area contributed by atoms with Gasteiger partial charge in [-0.25, -0.2) is 0 Å². The van der Waals surface area contributed by atoms with Crippen molar-refractivity contribution in [2.75, 3.05) is 6.61 Å². The van der Waals surface area contributed by atoms with Gasteiger partial charge in [0.05, 0.1) is 6.61 Å². The number of hydrogen-bond donors (Lipinski definition) is 0. The molecule has 0 bridgehead atoms. The molecule has 2 rings (SSSR count). The number of hydrogen-bond acceptors (Lipinski definition) is 1. The topological polar surface area (TPSA) is 9.23 Å². The maximum absolute atomic E-state index is 5.95. The molecule has 64 valence electrons. The fourth-order valence-electron chi connectivity index (χ4n) is 1.45. The second-order valence-corrected chi connectivity index (χ2v) is 3.98. The van der Waals surface area contributed by atoms with Gasteiger partial charge in [0.1, 0.15) is 5.75 Å². The molecule has 0 fully saturated rings. The third-order valence-corrected chi connectivity index (χ3v) is 3.01. The van der Waals surface area contributed by atoms with E-state index in [9.17, 15) is 0 Å². The predicted molar refractivity (Wildman–Crippen MR) is 58.4 cm³/mol. The van der Waals surface area contributed by atoms with Gasteiger partial charge in [0.15, 0.2) is 0 Å². The van der Waals surface area contributed by atoms with Crippen LogP contribution in [-0.2, 0) is 10.8 Å². The lowest BCUT2D eigenvalue weighted by atomic mass is 10.1. The van der Waals surface area contributed by atoms with Crippen LogP contribution in [0.25, 0.3) is 0 Å². The molecule has 0 aliphatic carbocycles. The second-order valence-electron chi connectivity index (χ2n) is 2.79. The Hall–Kier alpha value is 0.0400. The first-order valence-corrected chi connectivity index (χ1v) is 5.71. The van der Waals surface area contributed by atoms with E-state index in [2.05, 4.69) is 22.6 Å². The van der Waals surface area contributed by atoms with E-state index in [0.29, 0.717) is 0 Å². The molecular weight excluding hydrogens is 286 g/mol. The standard InChI is InChI=1S/C9H8ClIO/c10-8-3-6-1-2-12-9(6)7(4-8)5-11/h3-4H,1-2,5H2. The summed E-state index contributed by atoms with van der Waals surface area (Å²) >= 11 is 8.27. The lowest BCUT2D eigenvalue weighted by molar-refractivity contribution is 0.354. The molecule has 0 saturated heterocycles. The Bertz CT molecular complexity index is 312. The van der Waals surface area contributed by atoms with Gasteiger partial charge in [0.2, 0.25) is 0 Å². The van der Waals surface area contributed by atoms with Crippen LogP contribution in [-0.4, -0.2) is 6.61 Å². The van der Waals surface area contributed by atoms with Gasteiger partial charge in [-0.3, -0.25) is 0 Å². The van der Waals surface area contributed by atoms with Crippen LogP contribution in [0.5, 0.6) is 5.75 Å². The molecule has 0 amide bonds. The van der Waals surface area contributed by atoms with E-state index in [1.165, 1.54) is 11.1 Å². The van der Waals surface area contributed by atoms with Gasteiger partial charge < -0.3 is 4.74 Å². The van der Waals surface area contributed by atoms with Crippen LogP contribution in [0.1, 0.15) is 11.1 Å². The zero-order valence-electron chi connectivity index (χ0n) is 6.44. The Balaban J connectivity index is 2.55. The van der Waals surface area contributed by atoms with Crippen molar-refractivity contribution in [2.24, 2.45) is 0 Å². The molecule has 3 heteroatoms. The molecule has 0 aromatic heterocycles. The van der Waals surface area contributed by atoms with E-state index in [4.69, 9.17) is 16.3 Å². The smallest absolute Gasteiger partial charge is 0.126 e. The summed E-state index contributed by atoms with van der Waals surface area (Å²) in [5.74, 6) is 1.06. The third kappa shape index (κ3) is 1.42. The first-order chi connectivity index (χ1) is 5.81. The maximum Gasteiger partial charge on any atom is 0.126 e. The summed E-state index contributed by atoms with van der Waals surface area (Å²) in [5, 5.41) is 0.825. The minimum atomic E-state index is 0.805. The predicted octanol–water partition coefficient (Wildman–Crippen LogP) is 3.21. The Morgan fingerprint density at radius 3 is 3.08 bits per heavy atom. The fraction of sp³-hybridized carbons (Fsp3) is 0.333. The minimum absolute atomic E-state index is 0.805. The van der Waals surface area contributed by atoms with Crippen LogP contribution < -0.4 is 4.74 Å². The van der Waals surface area contributed by atoms with Gasteiger partial charge in [0.25, 0.3) is 0 Å². The minimum Gasteiger partial charge on any atom is -0.493 e. The first kappa shape index (κ1) is 8.63. The van der Waals surface area contributed by atoms with Crippen molar-refractivity contribution >= 4 is 34.2 Å². The van der Waals surface area contributed by atoms with Gasteiger partial charge in [0, 0.05) is 21.4 Å². The summed E-state index contributed by atoms with van der Waals surface area (Å²) in [6.07, 6.45) is 1.000. The molecule has 0 radical (unpaired) electrons. The first-order valence-electron chi connectivity index (χ1n) is 3.81. The summed E-state index contributed by atoms with van der Waals surface area (Å²) in [5.41, 5.74) is 2.48. The molecule has 0 spiro atoms. The van der Waals surface area contributed by atoms with Gasteiger partial charge in [-0.05, 0) is 17.7 Å². The largest absolute Gasteiger partial charge is 0.493 e. The molecule has 1 aromatic carbocycles. The average molecular weight is 295 g/mol. The SMILES string of the molecule is Clc1cc(CI)c2c(c1)CCO2. The quantitative estimate of drug-likeness (QED) is 0.571. The zero-order chi connectivity index (χ0) is 8.55. The van der Waals surface area contributed by atoms with Crippen LogP contribution in [0, 0.1) is 0 Å². The molecule has 0 N–H and O–H groups in total. The maximum atomic E-state index is 5.95. The number of halogens is 2. The molecule has 1 aliphatic heterocycles. The van der Waals surface area contributed by atoms with Gasteiger partial charge in [-0.15, -0.1) is 0 Å². The van der Waals surface area contributed by atoms with Crippen LogP contribution in [0.2, 0.25) is 5.02 Å². The molecule has 1 nitrogen and oxygen atoms in total. The van der Waals surface area contributed by atoms with Crippen molar-refractivity contribution < 1.29 is 4.74 Å². The Kier molecular flexibility index (Phi) is 2.46. The van der Waals surface area contributed by atoms with E-state index in [1.807, 2.05) is 12.1 Å². The molecule has 0 unspecified atom stereocenters. The molecule has 1 heterocycles. The molecular formula is C9H8ClIO. The fourth-order valence-corrected chi connectivity index (χ4v) is 2.28. The van der Waals surface area contributed by atoms with E-state index in [0.717, 1.165) is 28.2 Å². The zero-order valence-corrected chi connectivity index (χ0v) is 9.35. The number of rotatable bonds is 1. The molecule has 1 aromatic rings. The van der Waals surface area contributed by atoms with Crippen molar-refractivity contribution in [3.63, 3.8) is 0 Å². The van der Waals surface area contributed by atoms with Crippen LogP contribution >= 0.6 is 34.2 Å². The lowest BCUT2D eigenvalue weighted by Gasteiger charge is -2.05. The average Bonchev–Trinajstić information content (AvgIpc) is 2.50. The Morgan fingerprint density at radius 1 is 1.50 bits per heavy atom. The number of benzene rings is 1. The third-order valence-electron chi connectivity index (χ3n) is 1.97. The van der Waals surface area contributed by atoms with Crippen molar-refractivity contribution in [3.05, 3.63) is 28.3 Å². The van der Waals surface area contributed by atoms with Crippen molar-refractivity contribution in [1.29, 1.82) is 0 Å². The van der Waals surface area contributed by atoms with Crippen LogP contribution in [0.15, 0.2) is 12.1 Å². The van der Waals surface area contributed by atoms with Gasteiger partial charge >= 0.3 is 0 Å². The van der Waals surface area contributed by atoms with Gasteiger partial charge in [-0.1, -0.05) is 34.2 Å². The van der Waals surface area contributed by atoms with Gasteiger partial charge in [-0.2, -0.15) is 0 Å². The lowest BCUT2D eigenvalue weighted by Crippen LogP contribution is -1.89. The number of fused-ring (bicyclic) bond motifs is 1. The van der Waals surface area contributed by atoms with E-state index in [-0.39, 0.29) is 0 Å². The number of ether oxygens (including phenoxy) is 1. The highest BCUT2D eigenvalue weighted by molar-refractivity contribution is 14.1. The molecule has 12 heavy (non-hydrogen) atoms. The normalized spacial score (nSPS) is 14.2. The highest BCUT2D eigenvalue weighted by Gasteiger charge is 2.16. The summed E-state index contributed by atoms with van der Waals surface area (Å²) in [6.45, 7) is 0.805. The van der Waals surface area contributed by atoms with Crippen LogP contribution in [0.3, 0.4) is 0 Å². The highest BCUT2D eigenvalue weighted by Crippen LogP contribution is 2.33. The molecule has 1 aliphatic rings. The summed E-state index contributed by atoms with van der Waals surface area (Å²) in [4.78, 5) is 0. The highest BCUT2D eigenvalue weighted by atomic mass is 127. The monoisotopic (exact) mass is 294 g/mol.